The van der Waals surface area contributed by atoms with Crippen molar-refractivity contribution in [3.05, 3.63) is 102 Å². The summed E-state index contributed by atoms with van der Waals surface area (Å²) < 4.78 is 9.66. The Hall–Kier alpha value is -6.68. The van der Waals surface area contributed by atoms with Crippen LogP contribution in [0.4, 0.5) is 9.59 Å². The molecule has 2 fully saturated rings. The highest BCUT2D eigenvalue weighted by atomic mass is 28.3. The molecule has 6 aromatic rings. The number of aromatic nitrogens is 4. The van der Waals surface area contributed by atoms with Crippen molar-refractivity contribution in [1.29, 1.82) is 0 Å². The largest absolute Gasteiger partial charge is 0.508 e. The first-order valence-corrected chi connectivity index (χ1v) is 24.8. The number of methoxy groups -OCH3 is 2. The molecular weight excluding hydrogens is 817 g/mol. The van der Waals surface area contributed by atoms with Gasteiger partial charge in [0.15, 0.2) is 0 Å². The minimum Gasteiger partial charge on any atom is -0.508 e. The Kier molecular flexibility index (Phi) is 12.0. The maximum Gasteiger partial charge on any atom is 0.407 e. The number of hydrogen-bond acceptors (Lipinski definition) is 9. The molecule has 2 aliphatic heterocycles. The summed E-state index contributed by atoms with van der Waals surface area (Å²) in [6, 6.07) is 24.1. The third-order valence-corrected chi connectivity index (χ3v) is 15.0. The van der Waals surface area contributed by atoms with Gasteiger partial charge in [0.25, 0.3) is 0 Å². The van der Waals surface area contributed by atoms with Crippen LogP contribution in [-0.2, 0) is 25.5 Å². The zero-order valence-electron chi connectivity index (χ0n) is 36.4. The molecule has 0 spiro atoms. The number of phenolic OH excluding ortho intramolecular Hbond substituents is 1. The number of nitrogens with zero attached hydrogens (tertiary/aromatic N) is 4. The number of alkyl carbamates (subject to hydrolysis) is 2. The smallest absolute Gasteiger partial charge is 0.407 e. The van der Waals surface area contributed by atoms with E-state index >= 15 is 0 Å². The lowest BCUT2D eigenvalue weighted by Gasteiger charge is -2.30. The number of hydrogen-bond donors (Lipinski definition) is 5. The molecule has 16 heteroatoms. The molecule has 0 bridgehead atoms. The number of benzene rings is 4. The van der Waals surface area contributed by atoms with Gasteiger partial charge in [0.1, 0.15) is 29.5 Å². The second-order valence-electron chi connectivity index (χ2n) is 17.7. The van der Waals surface area contributed by atoms with Gasteiger partial charge in [-0.2, -0.15) is 0 Å². The van der Waals surface area contributed by atoms with E-state index in [9.17, 15) is 24.3 Å². The Labute approximate surface area is 366 Å². The van der Waals surface area contributed by atoms with E-state index in [1.807, 2.05) is 30.9 Å². The van der Waals surface area contributed by atoms with Crippen LogP contribution in [0.25, 0.3) is 44.2 Å². The summed E-state index contributed by atoms with van der Waals surface area (Å²) >= 11 is 0. The number of carbonyl (C=O) groups excluding carboxylic acids is 4. The summed E-state index contributed by atoms with van der Waals surface area (Å²) in [6.07, 6.45) is 2.87. The molecule has 2 aliphatic rings. The topological polar surface area (TPSA) is 195 Å². The van der Waals surface area contributed by atoms with Crippen LogP contribution in [0.3, 0.4) is 0 Å². The van der Waals surface area contributed by atoms with E-state index in [-0.39, 0.29) is 42.0 Å². The molecule has 4 heterocycles. The van der Waals surface area contributed by atoms with Crippen LogP contribution in [0.5, 0.6) is 5.75 Å². The minimum absolute atomic E-state index is 0.0848. The quantitative estimate of drug-likeness (QED) is 0.0814. The number of phenols is 1. The number of likely N-dealkylation sites (tertiary alicyclic amines) is 1. The third-order valence-electron chi connectivity index (χ3n) is 12.3. The number of nitrogens with one attached hydrogen (secondary N) is 4. The minimum atomic E-state index is -1.88. The second kappa shape index (κ2) is 17.6. The molecule has 328 valence electrons. The molecule has 15 nitrogen and oxygen atoms in total. The van der Waals surface area contributed by atoms with E-state index in [1.165, 1.54) is 14.2 Å². The van der Waals surface area contributed by atoms with Crippen LogP contribution in [0.1, 0.15) is 56.0 Å². The Morgan fingerprint density at radius 2 is 1.57 bits per heavy atom. The first-order chi connectivity index (χ1) is 30.2. The van der Waals surface area contributed by atoms with Gasteiger partial charge in [-0.1, -0.05) is 81.5 Å². The lowest BCUT2D eigenvalue weighted by atomic mass is 9.99. The van der Waals surface area contributed by atoms with Gasteiger partial charge in [0, 0.05) is 24.5 Å². The Morgan fingerprint density at radius 3 is 2.30 bits per heavy atom. The number of imidazole rings is 2. The van der Waals surface area contributed by atoms with Gasteiger partial charge in [0.05, 0.1) is 57.3 Å². The van der Waals surface area contributed by atoms with Crippen molar-refractivity contribution >= 4 is 53.9 Å². The van der Waals surface area contributed by atoms with Gasteiger partial charge in [-0.25, -0.2) is 19.6 Å². The zero-order chi connectivity index (χ0) is 44.6. The molecule has 0 unspecified atom stereocenters. The van der Waals surface area contributed by atoms with E-state index in [2.05, 4.69) is 82.2 Å². The summed E-state index contributed by atoms with van der Waals surface area (Å²) in [4.78, 5) is 72.9. The highest BCUT2D eigenvalue weighted by Gasteiger charge is 2.45. The van der Waals surface area contributed by atoms with Crippen LogP contribution < -0.4 is 10.6 Å². The molecule has 0 aliphatic carbocycles. The summed E-state index contributed by atoms with van der Waals surface area (Å²) in [6.45, 7) is 8.90. The SMILES string of the molecule is COC(=O)N[C@@H](Cc1cccc(O)c1)C(=O)N1C[Si](C)(C)C[C@H]1c1nc2ccc3cc(-c4ccc(-c5cnc([C@@H]6CCCN6C(=O)[C@@H](NC(=O)OC)C(C)C)[nH]5)cc4)ccc3c2[nH]1. The second-order valence-corrected chi connectivity index (χ2v) is 22.8. The molecule has 5 N–H and O–H groups in total. The van der Waals surface area contributed by atoms with Crippen molar-refractivity contribution in [2.45, 2.75) is 76.4 Å². The van der Waals surface area contributed by atoms with Crippen molar-refractivity contribution in [1.82, 2.24) is 40.4 Å². The summed E-state index contributed by atoms with van der Waals surface area (Å²) in [5.41, 5.74) is 6.32. The van der Waals surface area contributed by atoms with E-state index in [0.29, 0.717) is 29.9 Å². The standard InChI is InChI=1S/C47H54N8O7Si/c1-27(2)40(53-47(60)62-4)45(58)54-20-8-11-38(54)42-48-24-37(50-42)30-14-12-29(13-15-30)31-16-18-34-32(23-31)17-19-35-41(34)52-43(49-35)39-25-63(5,6)26-55(39)44(57)36(51-46(59)61-3)22-28-9-7-10-33(56)21-28/h7,9-10,12-19,21,23-24,27,36,38-40,56H,8,11,20,22,25-26H2,1-6H3,(H,48,50)(H,49,52)(H,51,59)(H,53,60)/t36-,38-,39-,40-/m0/s1. The molecule has 0 radical (unpaired) electrons. The van der Waals surface area contributed by atoms with Crippen LogP contribution in [0.2, 0.25) is 19.1 Å². The monoisotopic (exact) mass is 870 g/mol. The van der Waals surface area contributed by atoms with Crippen LogP contribution in [0.15, 0.2) is 85.1 Å². The summed E-state index contributed by atoms with van der Waals surface area (Å²) in [7, 11) is 0.678. The molecule has 0 saturated carbocycles. The number of carbonyl (C=O) groups is 4. The molecule has 4 aromatic carbocycles. The van der Waals surface area contributed by atoms with Gasteiger partial charge < -0.3 is 45.0 Å². The van der Waals surface area contributed by atoms with Gasteiger partial charge in [-0.15, -0.1) is 0 Å². The summed E-state index contributed by atoms with van der Waals surface area (Å²) in [5, 5.41) is 17.6. The first kappa shape index (κ1) is 43.0. The zero-order valence-corrected chi connectivity index (χ0v) is 37.4. The van der Waals surface area contributed by atoms with Crippen LogP contribution in [0, 0.1) is 5.92 Å². The molecule has 8 rings (SSSR count). The maximum atomic E-state index is 14.4. The molecule has 4 amide bonds. The van der Waals surface area contributed by atoms with Crippen LogP contribution in [-0.4, -0.2) is 106 Å². The highest BCUT2D eigenvalue weighted by molar-refractivity contribution is 6.78. The van der Waals surface area contributed by atoms with Crippen molar-refractivity contribution in [2.75, 3.05) is 26.9 Å². The lowest BCUT2D eigenvalue weighted by molar-refractivity contribution is -0.135. The first-order valence-electron chi connectivity index (χ1n) is 21.4. The lowest BCUT2D eigenvalue weighted by Crippen LogP contribution is -2.51. The number of aromatic hydroxyl groups is 1. The normalized spacial score (nSPS) is 18.1. The average Bonchev–Trinajstić information content (AvgIpc) is 4.10. The molecule has 2 saturated heterocycles. The van der Waals surface area contributed by atoms with E-state index in [4.69, 9.17) is 19.4 Å². The fraction of sp³-hybridized carbons (Fsp3) is 0.362. The number of ether oxygens (including phenoxy) is 2. The molecule has 2 aromatic heterocycles. The van der Waals surface area contributed by atoms with Gasteiger partial charge >= 0.3 is 12.2 Å². The fourth-order valence-corrected chi connectivity index (χ4v) is 12.0. The van der Waals surface area contributed by atoms with E-state index in [0.717, 1.165) is 63.1 Å². The Morgan fingerprint density at radius 1 is 0.841 bits per heavy atom. The van der Waals surface area contributed by atoms with Crippen LogP contribution >= 0.6 is 0 Å². The number of rotatable bonds is 11. The number of H-pyrrole nitrogens is 2. The average molecular weight is 871 g/mol. The fourth-order valence-electron chi connectivity index (χ4n) is 9.12. The van der Waals surface area contributed by atoms with Gasteiger partial charge in [-0.05, 0) is 76.7 Å². The molecule has 63 heavy (non-hydrogen) atoms. The number of amides is 4. The summed E-state index contributed by atoms with van der Waals surface area (Å²) in [5.74, 6) is 1.02. The van der Waals surface area contributed by atoms with Gasteiger partial charge in [-0.3, -0.25) is 9.59 Å². The van der Waals surface area contributed by atoms with Crippen molar-refractivity contribution < 1.29 is 33.8 Å². The van der Waals surface area contributed by atoms with E-state index in [1.54, 1.807) is 29.3 Å². The van der Waals surface area contributed by atoms with Crippen molar-refractivity contribution in [3.63, 3.8) is 0 Å². The predicted octanol–water partition coefficient (Wildman–Crippen LogP) is 7.62. The predicted molar refractivity (Wildman–Crippen MR) is 242 cm³/mol. The van der Waals surface area contributed by atoms with E-state index < -0.39 is 32.3 Å². The van der Waals surface area contributed by atoms with Crippen molar-refractivity contribution in [3.8, 4) is 28.1 Å². The van der Waals surface area contributed by atoms with Crippen molar-refractivity contribution in [2.24, 2.45) is 5.92 Å². The Bertz CT molecular complexity index is 2680. The third kappa shape index (κ3) is 8.98. The number of fused-ring (bicyclic) bond motifs is 3. The number of aromatic amines is 2. The highest BCUT2D eigenvalue weighted by Crippen LogP contribution is 2.39. The maximum absolute atomic E-state index is 14.4. The molecule has 4 atom stereocenters. The Balaban J connectivity index is 1.00. The van der Waals surface area contributed by atoms with Gasteiger partial charge in [0.2, 0.25) is 11.8 Å². The molecular formula is C47H54N8O7Si.